The van der Waals surface area contributed by atoms with E-state index in [4.69, 9.17) is 14.6 Å². The predicted molar refractivity (Wildman–Crippen MR) is 59.9 cm³/mol. The molecule has 5 nitrogen and oxygen atoms in total. The van der Waals surface area contributed by atoms with Gasteiger partial charge in [-0.2, -0.15) is 0 Å². The molecular formula is C11H16FNO4. The number of nitrogens with zero attached hydrogens (tertiary/aromatic N) is 1. The summed E-state index contributed by atoms with van der Waals surface area (Å²) < 4.78 is 22.8. The highest BCUT2D eigenvalue weighted by atomic mass is 19.1. The molecule has 0 aromatic carbocycles. The van der Waals surface area contributed by atoms with Gasteiger partial charge in [0.2, 0.25) is 5.88 Å². The number of aromatic nitrogens is 1. The molecule has 0 atom stereocenters. The minimum atomic E-state index is -1.23. The fraction of sp³-hybridized carbons (Fsp3) is 0.455. The van der Waals surface area contributed by atoms with Crippen LogP contribution in [0, 0.1) is 5.82 Å². The van der Waals surface area contributed by atoms with Gasteiger partial charge >= 0.3 is 5.97 Å². The van der Waals surface area contributed by atoms with Crippen LogP contribution < -0.4 is 4.74 Å². The highest BCUT2D eigenvalue weighted by Crippen LogP contribution is 2.14. The lowest BCUT2D eigenvalue weighted by atomic mass is 10.3. The number of ether oxygens (including phenoxy) is 2. The van der Waals surface area contributed by atoms with Crippen LogP contribution in [0.2, 0.25) is 0 Å². The van der Waals surface area contributed by atoms with Crippen molar-refractivity contribution in [2.45, 2.75) is 13.8 Å². The van der Waals surface area contributed by atoms with E-state index in [-0.39, 0.29) is 18.1 Å². The van der Waals surface area contributed by atoms with Crippen molar-refractivity contribution in [2.24, 2.45) is 0 Å². The maximum atomic E-state index is 13.1. The maximum absolute atomic E-state index is 13.1. The zero-order valence-electron chi connectivity index (χ0n) is 10.1. The Morgan fingerprint density at radius 2 is 2.12 bits per heavy atom. The van der Waals surface area contributed by atoms with Crippen molar-refractivity contribution in [3.05, 3.63) is 23.6 Å². The van der Waals surface area contributed by atoms with E-state index in [1.54, 1.807) is 0 Å². The molecule has 96 valence electrons. The third-order valence-electron chi connectivity index (χ3n) is 1.58. The average Bonchev–Trinajstić information content (AvgIpc) is 2.34. The number of hydrogen-bond donors (Lipinski definition) is 1. The van der Waals surface area contributed by atoms with E-state index in [0.29, 0.717) is 6.61 Å². The lowest BCUT2D eigenvalue weighted by Crippen LogP contribution is -2.08. The molecule has 0 aliphatic carbocycles. The smallest absolute Gasteiger partial charge is 0.337 e. The molecule has 0 amide bonds. The summed E-state index contributed by atoms with van der Waals surface area (Å²) in [6, 6.07) is 0.859. The number of hydrogen-bond acceptors (Lipinski definition) is 4. The second-order valence-electron chi connectivity index (χ2n) is 2.66. The molecule has 1 heterocycles. The fourth-order valence-electron chi connectivity index (χ4n) is 0.870. The zero-order chi connectivity index (χ0) is 13.3. The van der Waals surface area contributed by atoms with Gasteiger partial charge in [-0.05, 0) is 6.07 Å². The summed E-state index contributed by atoms with van der Waals surface area (Å²) in [7, 11) is 1.49. The summed E-state index contributed by atoms with van der Waals surface area (Å²) in [5.41, 5.74) is -0.216. The quantitative estimate of drug-likeness (QED) is 0.803. The van der Waals surface area contributed by atoms with Gasteiger partial charge in [-0.15, -0.1) is 0 Å². The summed E-state index contributed by atoms with van der Waals surface area (Å²) >= 11 is 0. The third kappa shape index (κ3) is 5.26. The number of methoxy groups -OCH3 is 1. The number of carbonyl (C=O) groups is 1. The maximum Gasteiger partial charge on any atom is 0.337 e. The van der Waals surface area contributed by atoms with Crippen molar-refractivity contribution in [3.63, 3.8) is 0 Å². The van der Waals surface area contributed by atoms with Crippen LogP contribution in [0.4, 0.5) is 4.39 Å². The SMILES string of the molecule is CC.COCCOc1ncc(C(=O)O)cc1F. The number of rotatable bonds is 5. The minimum Gasteiger partial charge on any atom is -0.478 e. The fourth-order valence-corrected chi connectivity index (χ4v) is 0.870. The molecule has 0 aliphatic rings. The van der Waals surface area contributed by atoms with E-state index < -0.39 is 11.8 Å². The van der Waals surface area contributed by atoms with Gasteiger partial charge in [0, 0.05) is 13.3 Å². The second kappa shape index (κ2) is 8.46. The first kappa shape index (κ1) is 15.3. The molecule has 1 N–H and O–H groups in total. The van der Waals surface area contributed by atoms with Crippen LogP contribution in [0.25, 0.3) is 0 Å². The number of aromatic carboxylic acids is 1. The van der Waals surface area contributed by atoms with Crippen LogP contribution in [-0.2, 0) is 4.74 Å². The van der Waals surface area contributed by atoms with Crippen LogP contribution in [0.15, 0.2) is 12.3 Å². The highest BCUT2D eigenvalue weighted by Gasteiger charge is 2.10. The zero-order valence-corrected chi connectivity index (χ0v) is 10.1. The molecule has 0 radical (unpaired) electrons. The highest BCUT2D eigenvalue weighted by molar-refractivity contribution is 5.87. The molecule has 0 fully saturated rings. The largest absolute Gasteiger partial charge is 0.478 e. The van der Waals surface area contributed by atoms with E-state index in [2.05, 4.69) is 4.98 Å². The monoisotopic (exact) mass is 245 g/mol. The molecule has 0 aliphatic heterocycles. The summed E-state index contributed by atoms with van der Waals surface area (Å²) in [6.45, 7) is 4.47. The Morgan fingerprint density at radius 3 is 2.59 bits per heavy atom. The van der Waals surface area contributed by atoms with Crippen LogP contribution >= 0.6 is 0 Å². The molecule has 6 heteroatoms. The lowest BCUT2D eigenvalue weighted by Gasteiger charge is -2.05. The van der Waals surface area contributed by atoms with Gasteiger partial charge in [-0.1, -0.05) is 13.8 Å². The molecule has 0 saturated heterocycles. The Labute approximate surface area is 99.2 Å². The van der Waals surface area contributed by atoms with Crippen molar-refractivity contribution < 1.29 is 23.8 Å². The van der Waals surface area contributed by atoms with Gasteiger partial charge in [0.25, 0.3) is 0 Å². The first-order valence-electron chi connectivity index (χ1n) is 5.15. The van der Waals surface area contributed by atoms with Crippen molar-refractivity contribution >= 4 is 5.97 Å². The second-order valence-corrected chi connectivity index (χ2v) is 2.66. The Bertz CT molecular complexity index is 357. The lowest BCUT2D eigenvalue weighted by molar-refractivity contribution is 0.0695. The number of carboxylic acid groups (broad SMARTS) is 1. The molecule has 0 saturated carbocycles. The van der Waals surface area contributed by atoms with Gasteiger partial charge in [0.1, 0.15) is 6.61 Å². The van der Waals surface area contributed by atoms with Crippen molar-refractivity contribution in [2.75, 3.05) is 20.3 Å². The van der Waals surface area contributed by atoms with E-state index in [1.165, 1.54) is 7.11 Å². The Kier molecular flexibility index (Phi) is 7.62. The first-order chi connectivity index (χ1) is 8.15. The number of pyridine rings is 1. The molecular weight excluding hydrogens is 229 g/mol. The van der Waals surface area contributed by atoms with Gasteiger partial charge in [-0.25, -0.2) is 14.2 Å². The molecule has 0 unspecified atom stereocenters. The van der Waals surface area contributed by atoms with Gasteiger partial charge < -0.3 is 14.6 Å². The van der Waals surface area contributed by atoms with E-state index in [9.17, 15) is 9.18 Å². The van der Waals surface area contributed by atoms with Gasteiger partial charge in [0.15, 0.2) is 5.82 Å². The summed E-state index contributed by atoms with van der Waals surface area (Å²) in [5.74, 6) is -2.26. The van der Waals surface area contributed by atoms with Gasteiger partial charge in [-0.3, -0.25) is 0 Å². The van der Waals surface area contributed by atoms with Gasteiger partial charge in [0.05, 0.1) is 12.2 Å². The standard InChI is InChI=1S/C9H10FNO4.C2H6/c1-14-2-3-15-8-7(10)4-6(5-11-8)9(12)13;1-2/h4-5H,2-3H2,1H3,(H,12,13);1-2H3. The van der Waals surface area contributed by atoms with Crippen molar-refractivity contribution in [1.82, 2.24) is 4.98 Å². The van der Waals surface area contributed by atoms with Crippen LogP contribution in [-0.4, -0.2) is 36.4 Å². The normalized spacial score (nSPS) is 9.18. The van der Waals surface area contributed by atoms with Crippen molar-refractivity contribution in [1.29, 1.82) is 0 Å². The molecule has 1 rings (SSSR count). The topological polar surface area (TPSA) is 68.7 Å². The molecule has 0 bridgehead atoms. The summed E-state index contributed by atoms with van der Waals surface area (Å²) in [6.07, 6.45) is 1.04. The van der Waals surface area contributed by atoms with Crippen LogP contribution in [0.3, 0.4) is 0 Å². The average molecular weight is 245 g/mol. The number of carboxylic acids is 1. The summed E-state index contributed by atoms with van der Waals surface area (Å²) in [4.78, 5) is 14.0. The van der Waals surface area contributed by atoms with E-state index in [1.807, 2.05) is 13.8 Å². The Morgan fingerprint density at radius 1 is 1.47 bits per heavy atom. The molecule has 1 aromatic heterocycles. The molecule has 0 spiro atoms. The van der Waals surface area contributed by atoms with Crippen LogP contribution in [0.1, 0.15) is 24.2 Å². The van der Waals surface area contributed by atoms with Crippen molar-refractivity contribution in [3.8, 4) is 5.88 Å². The molecule has 1 aromatic rings. The third-order valence-corrected chi connectivity index (χ3v) is 1.58. The predicted octanol–water partition coefficient (Wildman–Crippen LogP) is 1.97. The molecule has 17 heavy (non-hydrogen) atoms. The minimum absolute atomic E-state index is 0.160. The van der Waals surface area contributed by atoms with Crippen LogP contribution in [0.5, 0.6) is 5.88 Å². The number of halogens is 1. The van der Waals surface area contributed by atoms with E-state index in [0.717, 1.165) is 12.3 Å². The Balaban J connectivity index is 0.00000121. The summed E-state index contributed by atoms with van der Waals surface area (Å²) in [5, 5.41) is 8.55. The Hall–Kier alpha value is -1.69. The first-order valence-corrected chi connectivity index (χ1v) is 5.15. The van der Waals surface area contributed by atoms with E-state index >= 15 is 0 Å².